The molecule has 0 aromatic heterocycles. The minimum absolute atomic E-state index is 0.0664. The van der Waals surface area contributed by atoms with Crippen molar-refractivity contribution in [1.29, 1.82) is 0 Å². The fourth-order valence-electron chi connectivity index (χ4n) is 2.44. The van der Waals surface area contributed by atoms with Crippen LogP contribution < -0.4 is 5.32 Å². The Kier molecular flexibility index (Phi) is 5.49. The summed E-state index contributed by atoms with van der Waals surface area (Å²) in [7, 11) is 0. The lowest BCUT2D eigenvalue weighted by atomic mass is 9.87. The molecule has 0 atom stereocenters. The molecule has 0 unspecified atom stereocenters. The zero-order chi connectivity index (χ0) is 13.0. The molecule has 0 saturated heterocycles. The van der Waals surface area contributed by atoms with Crippen LogP contribution in [-0.2, 0) is 6.54 Å². The molecule has 1 aliphatic rings. The van der Waals surface area contributed by atoms with Gasteiger partial charge in [-0.1, -0.05) is 27.5 Å². The van der Waals surface area contributed by atoms with E-state index in [2.05, 4.69) is 21.2 Å². The van der Waals surface area contributed by atoms with Gasteiger partial charge in [0.05, 0.1) is 6.10 Å². The highest BCUT2D eigenvalue weighted by Crippen LogP contribution is 2.24. The Balaban J connectivity index is 1.76. The van der Waals surface area contributed by atoms with Crippen LogP contribution in [0.2, 0.25) is 5.02 Å². The maximum Gasteiger partial charge on any atom is 0.0540 e. The Bertz CT molecular complexity index is 391. The molecule has 0 amide bonds. The molecular weight excluding hydrogens is 314 g/mol. The third-order valence-corrected chi connectivity index (χ3v) is 4.58. The standard InChI is InChI=1S/C14H19BrClNO/c15-14-6-3-12(16)7-11(14)9-17-8-10-1-4-13(18)5-2-10/h3,6-7,10,13,17-18H,1-2,4-5,8-9H2. The van der Waals surface area contributed by atoms with Gasteiger partial charge in [0, 0.05) is 16.0 Å². The molecule has 100 valence electrons. The van der Waals surface area contributed by atoms with Gasteiger partial charge in [-0.05, 0) is 61.9 Å². The molecule has 1 saturated carbocycles. The monoisotopic (exact) mass is 331 g/mol. The summed E-state index contributed by atoms with van der Waals surface area (Å²) in [5.41, 5.74) is 1.19. The number of aliphatic hydroxyl groups excluding tert-OH is 1. The predicted octanol–water partition coefficient (Wildman–Crippen LogP) is 3.74. The van der Waals surface area contributed by atoms with Crippen molar-refractivity contribution < 1.29 is 5.11 Å². The predicted molar refractivity (Wildman–Crippen MR) is 78.8 cm³/mol. The zero-order valence-corrected chi connectivity index (χ0v) is 12.7. The topological polar surface area (TPSA) is 32.3 Å². The van der Waals surface area contributed by atoms with Crippen LogP contribution >= 0.6 is 27.5 Å². The molecule has 1 aromatic carbocycles. The lowest BCUT2D eigenvalue weighted by Crippen LogP contribution is -2.27. The summed E-state index contributed by atoms with van der Waals surface area (Å²) in [6, 6.07) is 5.86. The number of benzene rings is 1. The normalized spacial score (nSPS) is 24.2. The zero-order valence-electron chi connectivity index (χ0n) is 10.3. The maximum atomic E-state index is 9.46. The molecule has 2 nitrogen and oxygen atoms in total. The highest BCUT2D eigenvalue weighted by molar-refractivity contribution is 9.10. The van der Waals surface area contributed by atoms with Crippen LogP contribution in [0.1, 0.15) is 31.2 Å². The van der Waals surface area contributed by atoms with Gasteiger partial charge >= 0.3 is 0 Å². The molecule has 0 bridgehead atoms. The van der Waals surface area contributed by atoms with Crippen molar-refractivity contribution in [3.05, 3.63) is 33.3 Å². The average Bonchev–Trinajstić information content (AvgIpc) is 2.36. The van der Waals surface area contributed by atoms with Gasteiger partial charge in [0.1, 0.15) is 0 Å². The highest BCUT2D eigenvalue weighted by atomic mass is 79.9. The van der Waals surface area contributed by atoms with Gasteiger partial charge < -0.3 is 10.4 Å². The number of rotatable bonds is 4. The van der Waals surface area contributed by atoms with Crippen molar-refractivity contribution in [1.82, 2.24) is 5.32 Å². The van der Waals surface area contributed by atoms with E-state index >= 15 is 0 Å². The third kappa shape index (κ3) is 4.23. The second-order valence-corrected chi connectivity index (χ2v) is 6.33. The van der Waals surface area contributed by atoms with Crippen molar-refractivity contribution in [3.8, 4) is 0 Å². The van der Waals surface area contributed by atoms with E-state index in [1.807, 2.05) is 18.2 Å². The van der Waals surface area contributed by atoms with Crippen molar-refractivity contribution in [2.75, 3.05) is 6.54 Å². The van der Waals surface area contributed by atoms with Crippen molar-refractivity contribution in [3.63, 3.8) is 0 Å². The van der Waals surface area contributed by atoms with E-state index in [-0.39, 0.29) is 6.10 Å². The SMILES string of the molecule is OC1CCC(CNCc2cc(Cl)ccc2Br)CC1. The molecule has 4 heteroatoms. The summed E-state index contributed by atoms with van der Waals surface area (Å²) < 4.78 is 1.10. The number of hydrogen-bond donors (Lipinski definition) is 2. The largest absolute Gasteiger partial charge is 0.393 e. The van der Waals surface area contributed by atoms with Gasteiger partial charge in [0.2, 0.25) is 0 Å². The van der Waals surface area contributed by atoms with E-state index in [1.54, 1.807) is 0 Å². The quantitative estimate of drug-likeness (QED) is 0.880. The van der Waals surface area contributed by atoms with E-state index in [1.165, 1.54) is 5.56 Å². The summed E-state index contributed by atoms with van der Waals surface area (Å²) in [4.78, 5) is 0. The summed E-state index contributed by atoms with van der Waals surface area (Å²) in [6.07, 6.45) is 4.10. The Morgan fingerprint density at radius 1 is 1.28 bits per heavy atom. The smallest absolute Gasteiger partial charge is 0.0540 e. The number of nitrogens with one attached hydrogen (secondary N) is 1. The van der Waals surface area contributed by atoms with Gasteiger partial charge in [0.25, 0.3) is 0 Å². The Morgan fingerprint density at radius 2 is 2.00 bits per heavy atom. The van der Waals surface area contributed by atoms with Gasteiger partial charge in [-0.3, -0.25) is 0 Å². The Morgan fingerprint density at radius 3 is 2.72 bits per heavy atom. The summed E-state index contributed by atoms with van der Waals surface area (Å²) in [6.45, 7) is 1.85. The number of hydrogen-bond acceptors (Lipinski definition) is 2. The van der Waals surface area contributed by atoms with Crippen LogP contribution in [0, 0.1) is 5.92 Å². The number of halogens is 2. The van der Waals surface area contributed by atoms with Crippen molar-refractivity contribution >= 4 is 27.5 Å². The minimum atomic E-state index is -0.0664. The summed E-state index contributed by atoms with van der Waals surface area (Å²) >= 11 is 9.52. The molecule has 0 radical (unpaired) electrons. The molecule has 0 spiro atoms. The second kappa shape index (κ2) is 6.90. The van der Waals surface area contributed by atoms with Gasteiger partial charge in [-0.2, -0.15) is 0 Å². The summed E-state index contributed by atoms with van der Waals surface area (Å²) in [5.74, 6) is 0.700. The van der Waals surface area contributed by atoms with E-state index in [0.717, 1.165) is 48.3 Å². The molecule has 1 fully saturated rings. The summed E-state index contributed by atoms with van der Waals surface area (Å²) in [5, 5.41) is 13.7. The van der Waals surface area contributed by atoms with Crippen LogP contribution in [0.5, 0.6) is 0 Å². The fourth-order valence-corrected chi connectivity index (χ4v) is 3.02. The van der Waals surface area contributed by atoms with Crippen LogP contribution in [0.25, 0.3) is 0 Å². The number of aliphatic hydroxyl groups is 1. The van der Waals surface area contributed by atoms with E-state index < -0.39 is 0 Å². The fraction of sp³-hybridized carbons (Fsp3) is 0.571. The van der Waals surface area contributed by atoms with Gasteiger partial charge in [0.15, 0.2) is 0 Å². The Hall–Kier alpha value is -0.0900. The average molecular weight is 333 g/mol. The first-order valence-electron chi connectivity index (χ1n) is 6.48. The van der Waals surface area contributed by atoms with Crippen LogP contribution in [0.3, 0.4) is 0 Å². The first-order chi connectivity index (χ1) is 8.65. The van der Waals surface area contributed by atoms with E-state index in [0.29, 0.717) is 5.92 Å². The second-order valence-electron chi connectivity index (χ2n) is 5.04. The van der Waals surface area contributed by atoms with Crippen molar-refractivity contribution in [2.24, 2.45) is 5.92 Å². The molecule has 2 N–H and O–H groups in total. The van der Waals surface area contributed by atoms with E-state index in [9.17, 15) is 5.11 Å². The van der Waals surface area contributed by atoms with Crippen LogP contribution in [0.4, 0.5) is 0 Å². The lowest BCUT2D eigenvalue weighted by molar-refractivity contribution is 0.108. The van der Waals surface area contributed by atoms with Crippen LogP contribution in [0.15, 0.2) is 22.7 Å². The van der Waals surface area contributed by atoms with Gasteiger partial charge in [-0.25, -0.2) is 0 Å². The highest BCUT2D eigenvalue weighted by Gasteiger charge is 2.18. The maximum absolute atomic E-state index is 9.46. The minimum Gasteiger partial charge on any atom is -0.393 e. The molecule has 2 rings (SSSR count). The first kappa shape index (κ1) is 14.3. The van der Waals surface area contributed by atoms with Crippen LogP contribution in [-0.4, -0.2) is 17.8 Å². The van der Waals surface area contributed by atoms with E-state index in [4.69, 9.17) is 11.6 Å². The van der Waals surface area contributed by atoms with Gasteiger partial charge in [-0.15, -0.1) is 0 Å². The molecular formula is C14H19BrClNO. The molecule has 0 aliphatic heterocycles. The Labute approximate surface area is 122 Å². The third-order valence-electron chi connectivity index (χ3n) is 3.57. The lowest BCUT2D eigenvalue weighted by Gasteiger charge is -2.25. The first-order valence-corrected chi connectivity index (χ1v) is 7.65. The molecule has 0 heterocycles. The molecule has 1 aromatic rings. The molecule has 1 aliphatic carbocycles. The van der Waals surface area contributed by atoms with Crippen molar-refractivity contribution in [2.45, 2.75) is 38.3 Å². The molecule has 18 heavy (non-hydrogen) atoms.